The third-order valence-electron chi connectivity index (χ3n) is 5.68. The van der Waals surface area contributed by atoms with E-state index in [2.05, 4.69) is 10.3 Å². The van der Waals surface area contributed by atoms with Crippen LogP contribution in [0, 0.1) is 0 Å². The Morgan fingerprint density at radius 3 is 2.57 bits per heavy atom. The largest absolute Gasteiger partial charge is 0.457 e. The molecule has 0 spiro atoms. The van der Waals surface area contributed by atoms with E-state index in [0.717, 1.165) is 22.6 Å². The van der Waals surface area contributed by atoms with Crippen LogP contribution in [0.1, 0.15) is 31.0 Å². The standard InChI is InChI=1S/C27H23ClN4O2S/c1-17-24(18(2)33)25(19-10-8-13-22(15-19)34-21-11-4-3-5-12-21)32-26(29-17)30-27(31-32)35-16-20-9-6-7-14-23(20)28/h3-15,25H,16H2,1-2H3,(H,29,30,31). The molecule has 0 radical (unpaired) electrons. The van der Waals surface area contributed by atoms with Crippen molar-refractivity contribution in [1.29, 1.82) is 0 Å². The van der Waals surface area contributed by atoms with Crippen LogP contribution in [0.3, 0.4) is 0 Å². The second kappa shape index (κ2) is 9.98. The number of nitrogens with zero attached hydrogens (tertiary/aromatic N) is 3. The van der Waals surface area contributed by atoms with E-state index >= 15 is 0 Å². The Morgan fingerprint density at radius 1 is 1.06 bits per heavy atom. The Balaban J connectivity index is 1.48. The van der Waals surface area contributed by atoms with Gasteiger partial charge in [0.2, 0.25) is 11.1 Å². The second-order valence-electron chi connectivity index (χ2n) is 8.15. The van der Waals surface area contributed by atoms with Crippen LogP contribution < -0.4 is 10.1 Å². The first-order valence-corrected chi connectivity index (χ1v) is 12.5. The molecule has 1 aliphatic rings. The zero-order valence-electron chi connectivity index (χ0n) is 19.2. The normalized spacial score (nSPS) is 14.9. The van der Waals surface area contributed by atoms with Crippen molar-refractivity contribution in [2.75, 3.05) is 5.32 Å². The van der Waals surface area contributed by atoms with E-state index in [9.17, 15) is 4.79 Å². The van der Waals surface area contributed by atoms with Crippen molar-refractivity contribution in [2.45, 2.75) is 30.8 Å². The van der Waals surface area contributed by atoms with Crippen LogP contribution in [0.25, 0.3) is 0 Å². The summed E-state index contributed by atoms with van der Waals surface area (Å²) in [6.07, 6.45) is 0. The van der Waals surface area contributed by atoms with Gasteiger partial charge in [0.1, 0.15) is 17.5 Å². The van der Waals surface area contributed by atoms with Gasteiger partial charge in [-0.05, 0) is 55.3 Å². The average Bonchev–Trinajstić information content (AvgIpc) is 3.25. The molecular weight excluding hydrogens is 480 g/mol. The Labute approximate surface area is 213 Å². The molecule has 1 aliphatic heterocycles. The van der Waals surface area contributed by atoms with Crippen molar-refractivity contribution in [3.63, 3.8) is 0 Å². The maximum absolute atomic E-state index is 12.7. The van der Waals surface area contributed by atoms with Crippen molar-refractivity contribution in [1.82, 2.24) is 14.8 Å². The Morgan fingerprint density at radius 2 is 1.80 bits per heavy atom. The number of anilines is 1. The number of thioether (sulfide) groups is 1. The van der Waals surface area contributed by atoms with Crippen LogP contribution in [-0.2, 0) is 10.5 Å². The summed E-state index contributed by atoms with van der Waals surface area (Å²) in [5.41, 5.74) is 3.31. The Kier molecular flexibility index (Phi) is 6.61. The topological polar surface area (TPSA) is 69.0 Å². The van der Waals surface area contributed by atoms with E-state index in [-0.39, 0.29) is 5.78 Å². The maximum Gasteiger partial charge on any atom is 0.227 e. The second-order valence-corrected chi connectivity index (χ2v) is 9.50. The predicted octanol–water partition coefficient (Wildman–Crippen LogP) is 6.89. The molecule has 3 aromatic carbocycles. The Bertz CT molecular complexity index is 1420. The van der Waals surface area contributed by atoms with E-state index in [0.29, 0.717) is 33.2 Å². The van der Waals surface area contributed by atoms with Crippen LogP contribution in [-0.4, -0.2) is 20.5 Å². The van der Waals surface area contributed by atoms with Crippen molar-refractivity contribution in [3.8, 4) is 11.5 Å². The third-order valence-corrected chi connectivity index (χ3v) is 6.93. The number of carbonyl (C=O) groups is 1. The number of para-hydroxylation sites is 1. The minimum atomic E-state index is -0.426. The number of ketones is 1. The first kappa shape index (κ1) is 23.2. The van der Waals surface area contributed by atoms with Crippen molar-refractivity contribution < 1.29 is 9.53 Å². The number of Topliss-reactive ketones (excluding diaryl/α,β-unsaturated/α-hetero) is 1. The van der Waals surface area contributed by atoms with Gasteiger partial charge in [-0.25, -0.2) is 4.68 Å². The number of allylic oxidation sites excluding steroid dienone is 2. The average molecular weight is 503 g/mol. The number of benzene rings is 3. The van der Waals surface area contributed by atoms with Crippen LogP contribution in [0.4, 0.5) is 5.95 Å². The zero-order chi connectivity index (χ0) is 24.4. The number of rotatable bonds is 7. The highest BCUT2D eigenvalue weighted by Gasteiger charge is 2.33. The molecule has 1 N–H and O–H groups in total. The number of hydrogen-bond donors (Lipinski definition) is 1. The molecule has 35 heavy (non-hydrogen) atoms. The van der Waals surface area contributed by atoms with Gasteiger partial charge in [-0.15, -0.1) is 5.10 Å². The molecule has 0 amide bonds. The van der Waals surface area contributed by atoms with E-state index in [4.69, 9.17) is 21.4 Å². The molecule has 6 nitrogen and oxygen atoms in total. The molecule has 1 unspecified atom stereocenters. The van der Waals surface area contributed by atoms with Gasteiger partial charge in [0, 0.05) is 22.0 Å². The number of hydrogen-bond acceptors (Lipinski definition) is 6. The van der Waals surface area contributed by atoms with Gasteiger partial charge >= 0.3 is 0 Å². The van der Waals surface area contributed by atoms with Gasteiger partial charge in [0.15, 0.2) is 5.78 Å². The lowest BCUT2D eigenvalue weighted by Crippen LogP contribution is -2.27. The molecular formula is C27H23ClN4O2S. The van der Waals surface area contributed by atoms with Crippen LogP contribution in [0.5, 0.6) is 11.5 Å². The minimum absolute atomic E-state index is 0.0270. The summed E-state index contributed by atoms with van der Waals surface area (Å²) in [6, 6.07) is 24.7. The van der Waals surface area contributed by atoms with E-state index in [1.165, 1.54) is 11.8 Å². The molecule has 1 atom stereocenters. The molecule has 0 bridgehead atoms. The number of carbonyl (C=O) groups excluding carboxylic acids is 1. The van der Waals surface area contributed by atoms with Gasteiger partial charge < -0.3 is 10.1 Å². The molecule has 0 saturated carbocycles. The fourth-order valence-corrected chi connectivity index (χ4v) is 5.20. The summed E-state index contributed by atoms with van der Waals surface area (Å²) in [6.45, 7) is 3.47. The third kappa shape index (κ3) is 4.97. The molecule has 0 aliphatic carbocycles. The summed E-state index contributed by atoms with van der Waals surface area (Å²) in [4.78, 5) is 17.4. The highest BCUT2D eigenvalue weighted by Crippen LogP contribution is 2.38. The molecule has 1 aromatic heterocycles. The van der Waals surface area contributed by atoms with Crippen LogP contribution >= 0.6 is 23.4 Å². The molecule has 4 aromatic rings. The van der Waals surface area contributed by atoms with Crippen molar-refractivity contribution in [2.24, 2.45) is 0 Å². The lowest BCUT2D eigenvalue weighted by Gasteiger charge is -2.28. The van der Waals surface area contributed by atoms with Gasteiger partial charge in [0.05, 0.1) is 0 Å². The highest BCUT2D eigenvalue weighted by atomic mass is 35.5. The van der Waals surface area contributed by atoms with E-state index in [1.54, 1.807) is 11.6 Å². The van der Waals surface area contributed by atoms with Gasteiger partial charge in [-0.3, -0.25) is 4.79 Å². The number of aromatic nitrogens is 3. The predicted molar refractivity (Wildman–Crippen MR) is 139 cm³/mol. The lowest BCUT2D eigenvalue weighted by atomic mass is 9.93. The van der Waals surface area contributed by atoms with E-state index < -0.39 is 6.04 Å². The van der Waals surface area contributed by atoms with Gasteiger partial charge in [-0.1, -0.05) is 71.9 Å². The SMILES string of the molecule is CC(=O)C1=C(C)Nc2nc(SCc3ccccc3Cl)nn2C1c1cccc(Oc2ccccc2)c1. The van der Waals surface area contributed by atoms with Gasteiger partial charge in [-0.2, -0.15) is 4.98 Å². The van der Waals surface area contributed by atoms with Crippen molar-refractivity contribution >= 4 is 35.1 Å². The number of ether oxygens (including phenoxy) is 1. The zero-order valence-corrected chi connectivity index (χ0v) is 20.8. The number of halogens is 1. The fourth-order valence-electron chi connectivity index (χ4n) is 4.09. The molecule has 0 saturated heterocycles. The summed E-state index contributed by atoms with van der Waals surface area (Å²) in [7, 11) is 0. The summed E-state index contributed by atoms with van der Waals surface area (Å²) >= 11 is 7.81. The summed E-state index contributed by atoms with van der Waals surface area (Å²) in [5, 5.41) is 9.34. The highest BCUT2D eigenvalue weighted by molar-refractivity contribution is 7.98. The van der Waals surface area contributed by atoms with Crippen molar-refractivity contribution in [3.05, 3.63) is 106 Å². The molecule has 176 valence electrons. The smallest absolute Gasteiger partial charge is 0.227 e. The molecule has 8 heteroatoms. The quantitative estimate of drug-likeness (QED) is 0.277. The summed E-state index contributed by atoms with van der Waals surface area (Å²) in [5.74, 6) is 2.63. The van der Waals surface area contributed by atoms with E-state index in [1.807, 2.05) is 85.8 Å². The molecule has 0 fully saturated rings. The summed E-state index contributed by atoms with van der Waals surface area (Å²) < 4.78 is 7.82. The molecule has 2 heterocycles. The number of fused-ring (bicyclic) bond motifs is 1. The van der Waals surface area contributed by atoms with Crippen LogP contribution in [0.2, 0.25) is 5.02 Å². The fraction of sp³-hybridized carbons (Fsp3) is 0.148. The monoisotopic (exact) mass is 502 g/mol. The first-order valence-electron chi connectivity index (χ1n) is 11.1. The van der Waals surface area contributed by atoms with Crippen LogP contribution in [0.15, 0.2) is 95.3 Å². The maximum atomic E-state index is 12.7. The van der Waals surface area contributed by atoms with Gasteiger partial charge in [0.25, 0.3) is 0 Å². The first-order chi connectivity index (χ1) is 17.0. The minimum Gasteiger partial charge on any atom is -0.457 e. The number of nitrogens with one attached hydrogen (secondary N) is 1. The molecule has 5 rings (SSSR count). The lowest BCUT2D eigenvalue weighted by molar-refractivity contribution is -0.114. The Hall–Kier alpha value is -3.55.